The number of carbonyl (C=O) groups is 2. The van der Waals surface area contributed by atoms with Crippen molar-refractivity contribution in [3.8, 4) is 6.07 Å². The second kappa shape index (κ2) is 6.39. The van der Waals surface area contributed by atoms with Crippen molar-refractivity contribution in [2.45, 2.75) is 13.1 Å². The van der Waals surface area contributed by atoms with Gasteiger partial charge in [-0.25, -0.2) is 4.79 Å². The highest BCUT2D eigenvalue weighted by molar-refractivity contribution is 5.86. The van der Waals surface area contributed by atoms with Crippen LogP contribution in [0.25, 0.3) is 0 Å². The smallest absolute Gasteiger partial charge is 0.352 e. The number of nitriles is 1. The first-order valence-corrected chi connectivity index (χ1v) is 6.24. The van der Waals surface area contributed by atoms with Gasteiger partial charge in [-0.3, -0.25) is 4.79 Å². The van der Waals surface area contributed by atoms with Crippen molar-refractivity contribution in [2.24, 2.45) is 0 Å². The molecular weight excluding hydrogens is 270 g/mol. The Morgan fingerprint density at radius 3 is 2.57 bits per heavy atom. The fraction of sp³-hybridized carbons (Fsp3) is 0.133. The van der Waals surface area contributed by atoms with Gasteiger partial charge in [-0.15, -0.1) is 0 Å². The van der Waals surface area contributed by atoms with Crippen LogP contribution in [0.1, 0.15) is 21.6 Å². The Bertz CT molecular complexity index is 696. The molecule has 106 valence electrons. The van der Waals surface area contributed by atoms with Gasteiger partial charge in [-0.1, -0.05) is 12.1 Å². The molecule has 1 aromatic heterocycles. The summed E-state index contributed by atoms with van der Waals surface area (Å²) in [6.45, 7) is 0.277. The van der Waals surface area contributed by atoms with Gasteiger partial charge in [0.1, 0.15) is 12.2 Å². The number of aromatic nitrogens is 1. The van der Waals surface area contributed by atoms with E-state index in [1.54, 1.807) is 36.5 Å². The monoisotopic (exact) mass is 283 g/mol. The summed E-state index contributed by atoms with van der Waals surface area (Å²) >= 11 is 0. The van der Waals surface area contributed by atoms with E-state index in [9.17, 15) is 9.59 Å². The SMILES string of the molecule is N#Cc1ccc(CNC(=O)Cn2cccc2C(=O)O)cc1. The van der Waals surface area contributed by atoms with Crippen LogP contribution in [-0.2, 0) is 17.9 Å². The van der Waals surface area contributed by atoms with Gasteiger partial charge in [-0.2, -0.15) is 5.26 Å². The third kappa shape index (κ3) is 3.70. The number of nitrogens with one attached hydrogen (secondary N) is 1. The van der Waals surface area contributed by atoms with Crippen molar-refractivity contribution in [1.29, 1.82) is 5.26 Å². The summed E-state index contributed by atoms with van der Waals surface area (Å²) in [4.78, 5) is 22.7. The minimum atomic E-state index is -1.07. The van der Waals surface area contributed by atoms with Crippen LogP contribution in [0.15, 0.2) is 42.6 Å². The van der Waals surface area contributed by atoms with Gasteiger partial charge in [-0.05, 0) is 29.8 Å². The molecule has 6 nitrogen and oxygen atoms in total. The number of carbonyl (C=O) groups excluding carboxylic acids is 1. The van der Waals surface area contributed by atoms with Crippen molar-refractivity contribution in [3.05, 3.63) is 59.4 Å². The highest BCUT2D eigenvalue weighted by Crippen LogP contribution is 2.04. The lowest BCUT2D eigenvalue weighted by Crippen LogP contribution is -2.28. The lowest BCUT2D eigenvalue weighted by Gasteiger charge is -2.08. The third-order valence-corrected chi connectivity index (χ3v) is 2.94. The molecule has 0 bridgehead atoms. The highest BCUT2D eigenvalue weighted by Gasteiger charge is 2.11. The molecule has 0 spiro atoms. The summed E-state index contributed by atoms with van der Waals surface area (Å²) in [5, 5.41) is 20.3. The fourth-order valence-corrected chi connectivity index (χ4v) is 1.85. The summed E-state index contributed by atoms with van der Waals surface area (Å²) in [6.07, 6.45) is 1.55. The minimum absolute atomic E-state index is 0.0507. The zero-order valence-electron chi connectivity index (χ0n) is 11.1. The van der Waals surface area contributed by atoms with Crippen LogP contribution >= 0.6 is 0 Å². The Kier molecular flexibility index (Phi) is 4.36. The van der Waals surface area contributed by atoms with Gasteiger partial charge >= 0.3 is 5.97 Å². The van der Waals surface area contributed by atoms with Gasteiger partial charge in [0.05, 0.1) is 11.6 Å². The van der Waals surface area contributed by atoms with Crippen molar-refractivity contribution in [1.82, 2.24) is 9.88 Å². The summed E-state index contributed by atoms with van der Waals surface area (Å²) < 4.78 is 1.37. The van der Waals surface area contributed by atoms with Crippen LogP contribution in [0.5, 0.6) is 0 Å². The van der Waals surface area contributed by atoms with E-state index in [-0.39, 0.29) is 18.1 Å². The van der Waals surface area contributed by atoms with Gasteiger partial charge in [0, 0.05) is 12.7 Å². The lowest BCUT2D eigenvalue weighted by molar-refractivity contribution is -0.121. The summed E-state index contributed by atoms with van der Waals surface area (Å²) in [6, 6.07) is 11.9. The molecule has 0 saturated carbocycles. The number of rotatable bonds is 5. The molecule has 2 rings (SSSR count). The molecule has 0 fully saturated rings. The molecule has 21 heavy (non-hydrogen) atoms. The van der Waals surface area contributed by atoms with E-state index in [1.807, 2.05) is 6.07 Å². The number of carboxylic acids is 1. The van der Waals surface area contributed by atoms with E-state index in [4.69, 9.17) is 10.4 Å². The molecule has 1 aromatic carbocycles. The molecule has 0 aliphatic rings. The van der Waals surface area contributed by atoms with E-state index in [0.717, 1.165) is 5.56 Å². The minimum Gasteiger partial charge on any atom is -0.477 e. The van der Waals surface area contributed by atoms with Gasteiger partial charge in [0.2, 0.25) is 5.91 Å². The van der Waals surface area contributed by atoms with E-state index < -0.39 is 5.97 Å². The Balaban J connectivity index is 1.91. The molecule has 1 amide bonds. The molecule has 6 heteroatoms. The Morgan fingerprint density at radius 2 is 1.95 bits per heavy atom. The zero-order valence-corrected chi connectivity index (χ0v) is 11.1. The second-order valence-corrected chi connectivity index (χ2v) is 4.41. The Labute approximate surface area is 121 Å². The Hall–Kier alpha value is -3.07. The van der Waals surface area contributed by atoms with Gasteiger partial charge < -0.3 is 15.0 Å². The maximum absolute atomic E-state index is 11.8. The summed E-state index contributed by atoms with van der Waals surface area (Å²) in [5.41, 5.74) is 1.50. The average Bonchev–Trinajstić information content (AvgIpc) is 2.94. The topological polar surface area (TPSA) is 95.1 Å². The molecule has 2 aromatic rings. The van der Waals surface area contributed by atoms with Crippen LogP contribution in [0.3, 0.4) is 0 Å². The largest absolute Gasteiger partial charge is 0.477 e. The normalized spacial score (nSPS) is 9.86. The number of aromatic carboxylic acids is 1. The van der Waals surface area contributed by atoms with Crippen LogP contribution in [0.4, 0.5) is 0 Å². The summed E-state index contributed by atoms with van der Waals surface area (Å²) in [7, 11) is 0. The van der Waals surface area contributed by atoms with E-state index >= 15 is 0 Å². The van der Waals surface area contributed by atoms with Crippen LogP contribution in [0.2, 0.25) is 0 Å². The second-order valence-electron chi connectivity index (χ2n) is 4.41. The standard InChI is InChI=1S/C15H13N3O3/c16-8-11-3-5-12(6-4-11)9-17-14(19)10-18-7-1-2-13(18)15(20)21/h1-7H,9-10H2,(H,17,19)(H,20,21). The first-order valence-electron chi connectivity index (χ1n) is 6.24. The van der Waals surface area contributed by atoms with Crippen molar-refractivity contribution >= 4 is 11.9 Å². The van der Waals surface area contributed by atoms with E-state index in [0.29, 0.717) is 12.1 Å². The van der Waals surface area contributed by atoms with E-state index in [2.05, 4.69) is 5.32 Å². The molecule has 0 aliphatic heterocycles. The molecule has 0 aliphatic carbocycles. The predicted molar refractivity (Wildman–Crippen MR) is 74.4 cm³/mol. The van der Waals surface area contributed by atoms with Crippen LogP contribution in [0, 0.1) is 11.3 Å². The number of amides is 1. The lowest BCUT2D eigenvalue weighted by atomic mass is 10.1. The van der Waals surface area contributed by atoms with Gasteiger partial charge in [0.15, 0.2) is 0 Å². The Morgan fingerprint density at radius 1 is 1.24 bits per heavy atom. The molecular formula is C15H13N3O3. The van der Waals surface area contributed by atoms with E-state index in [1.165, 1.54) is 10.6 Å². The molecule has 1 heterocycles. The molecule has 0 unspecified atom stereocenters. The average molecular weight is 283 g/mol. The maximum atomic E-state index is 11.8. The fourth-order valence-electron chi connectivity index (χ4n) is 1.85. The van der Waals surface area contributed by atoms with Crippen molar-refractivity contribution < 1.29 is 14.7 Å². The summed E-state index contributed by atoms with van der Waals surface area (Å²) in [5.74, 6) is -1.35. The first kappa shape index (κ1) is 14.3. The maximum Gasteiger partial charge on any atom is 0.352 e. The molecule has 2 N–H and O–H groups in total. The highest BCUT2D eigenvalue weighted by atomic mass is 16.4. The molecule has 0 saturated heterocycles. The number of hydrogen-bond acceptors (Lipinski definition) is 3. The van der Waals surface area contributed by atoms with Crippen molar-refractivity contribution in [2.75, 3.05) is 0 Å². The number of hydrogen-bond donors (Lipinski definition) is 2. The van der Waals surface area contributed by atoms with Crippen molar-refractivity contribution in [3.63, 3.8) is 0 Å². The molecule has 0 atom stereocenters. The number of benzene rings is 1. The number of nitrogens with zero attached hydrogens (tertiary/aromatic N) is 2. The van der Waals surface area contributed by atoms with Crippen LogP contribution in [-0.4, -0.2) is 21.6 Å². The number of carboxylic acid groups (broad SMARTS) is 1. The third-order valence-electron chi connectivity index (χ3n) is 2.94. The van der Waals surface area contributed by atoms with Crippen LogP contribution < -0.4 is 5.32 Å². The first-order chi connectivity index (χ1) is 10.1. The van der Waals surface area contributed by atoms with Gasteiger partial charge in [0.25, 0.3) is 0 Å². The quantitative estimate of drug-likeness (QED) is 0.866. The zero-order chi connectivity index (χ0) is 15.2. The molecule has 0 radical (unpaired) electrons. The predicted octanol–water partition coefficient (Wildman–Crippen LogP) is 1.37.